The number of aromatic hydroxyl groups is 1. The molecule has 4 rings (SSSR count). The number of rotatable bonds is 4. The molecule has 0 aliphatic carbocycles. The second-order valence-corrected chi connectivity index (χ2v) is 6.07. The third-order valence-electron chi connectivity index (χ3n) is 4.18. The van der Waals surface area contributed by atoms with Crippen molar-refractivity contribution in [3.05, 3.63) is 77.1 Å². The van der Waals surface area contributed by atoms with Gasteiger partial charge in [-0.05, 0) is 29.8 Å². The predicted molar refractivity (Wildman–Crippen MR) is 85.0 cm³/mol. The molecule has 3 aromatic rings. The number of ether oxygens (including phenoxy) is 1. The maximum absolute atomic E-state index is 13.3. The van der Waals surface area contributed by atoms with Crippen molar-refractivity contribution in [1.82, 2.24) is 14.8 Å². The van der Waals surface area contributed by atoms with Gasteiger partial charge in [-0.25, -0.2) is 14.1 Å². The third-order valence-corrected chi connectivity index (χ3v) is 4.51. The van der Waals surface area contributed by atoms with E-state index in [-0.39, 0.29) is 11.6 Å². The molecular weight excluding hydrogens is 333 g/mol. The van der Waals surface area contributed by atoms with Gasteiger partial charge in [0, 0.05) is 5.56 Å². The van der Waals surface area contributed by atoms with E-state index in [0.717, 1.165) is 5.56 Å². The lowest BCUT2D eigenvalue weighted by atomic mass is 9.91. The molecule has 1 aromatic heterocycles. The molecule has 1 N–H and O–H groups in total. The summed E-state index contributed by atoms with van der Waals surface area (Å²) in [4.78, 5) is 3.94. The van der Waals surface area contributed by atoms with Crippen LogP contribution < -0.4 is 0 Å². The van der Waals surface area contributed by atoms with Crippen molar-refractivity contribution in [2.24, 2.45) is 0 Å². The highest BCUT2D eigenvalue weighted by Crippen LogP contribution is 2.60. The van der Waals surface area contributed by atoms with Crippen molar-refractivity contribution in [2.75, 3.05) is 0 Å². The molecule has 122 valence electrons. The van der Waals surface area contributed by atoms with Crippen molar-refractivity contribution in [2.45, 2.75) is 18.2 Å². The van der Waals surface area contributed by atoms with Crippen LogP contribution in [0, 0.1) is 5.82 Å². The maximum atomic E-state index is 13.3. The van der Waals surface area contributed by atoms with Crippen LogP contribution in [0.15, 0.2) is 55.1 Å². The van der Waals surface area contributed by atoms with Gasteiger partial charge in [-0.2, -0.15) is 5.10 Å². The zero-order chi connectivity index (χ0) is 16.7. The van der Waals surface area contributed by atoms with Crippen LogP contribution in [-0.4, -0.2) is 19.9 Å². The lowest BCUT2D eigenvalue weighted by Crippen LogP contribution is -2.19. The molecule has 2 heterocycles. The summed E-state index contributed by atoms with van der Waals surface area (Å²) in [5.74, 6) is -0.262. The highest BCUT2D eigenvalue weighted by molar-refractivity contribution is 6.31. The Morgan fingerprint density at radius 2 is 2.04 bits per heavy atom. The molecular formula is C17H13ClFN3O2. The van der Waals surface area contributed by atoms with Crippen LogP contribution in [0.25, 0.3) is 0 Å². The Morgan fingerprint density at radius 3 is 2.71 bits per heavy atom. The highest BCUT2D eigenvalue weighted by atomic mass is 35.5. The fourth-order valence-electron chi connectivity index (χ4n) is 2.97. The van der Waals surface area contributed by atoms with Gasteiger partial charge < -0.3 is 9.84 Å². The summed E-state index contributed by atoms with van der Waals surface area (Å²) in [5.41, 5.74) is 0.511. The van der Waals surface area contributed by atoms with E-state index in [1.54, 1.807) is 41.3 Å². The van der Waals surface area contributed by atoms with Gasteiger partial charge in [-0.3, -0.25) is 0 Å². The molecule has 2 atom stereocenters. The van der Waals surface area contributed by atoms with E-state index in [1.807, 2.05) is 0 Å². The van der Waals surface area contributed by atoms with Crippen molar-refractivity contribution >= 4 is 11.6 Å². The summed E-state index contributed by atoms with van der Waals surface area (Å²) in [7, 11) is 0. The van der Waals surface area contributed by atoms with Gasteiger partial charge in [0.2, 0.25) is 0 Å². The van der Waals surface area contributed by atoms with E-state index >= 15 is 0 Å². The first-order valence-corrected chi connectivity index (χ1v) is 7.71. The van der Waals surface area contributed by atoms with Crippen LogP contribution in [-0.2, 0) is 16.9 Å². The van der Waals surface area contributed by atoms with Crippen molar-refractivity contribution in [3.63, 3.8) is 0 Å². The van der Waals surface area contributed by atoms with Crippen molar-refractivity contribution in [1.29, 1.82) is 0 Å². The minimum atomic E-state index is -0.788. The van der Waals surface area contributed by atoms with Crippen LogP contribution >= 0.6 is 11.6 Å². The maximum Gasteiger partial charge on any atom is 0.144 e. The second kappa shape index (κ2) is 5.58. The summed E-state index contributed by atoms with van der Waals surface area (Å²) in [6.45, 7) is 0.369. The molecule has 0 saturated carbocycles. The van der Waals surface area contributed by atoms with Crippen molar-refractivity contribution < 1.29 is 14.2 Å². The number of nitrogens with zero attached hydrogens (tertiary/aromatic N) is 3. The molecule has 2 aromatic carbocycles. The zero-order valence-electron chi connectivity index (χ0n) is 12.4. The average molecular weight is 346 g/mol. The minimum Gasteiger partial charge on any atom is -0.508 e. The second-order valence-electron chi connectivity index (χ2n) is 5.66. The molecule has 1 fully saturated rings. The number of phenols is 1. The van der Waals surface area contributed by atoms with Gasteiger partial charge in [0.05, 0.1) is 11.6 Å². The average Bonchev–Trinajstić information content (AvgIpc) is 3.02. The normalized spacial score (nSPS) is 22.5. The van der Waals surface area contributed by atoms with Crippen LogP contribution in [0.5, 0.6) is 5.75 Å². The fraction of sp³-hybridized carbons (Fsp3) is 0.176. The first-order valence-electron chi connectivity index (χ1n) is 7.34. The van der Waals surface area contributed by atoms with Gasteiger partial charge >= 0.3 is 0 Å². The molecule has 0 bridgehead atoms. The standard InChI is InChI=1S/C17H13ClFN3O2/c18-13-2-1-3-14(23)15(13)16-17(24-16,8-22-10-20-9-21-22)11-4-6-12(19)7-5-11/h1-7,9-10,16,23H,8H2. The topological polar surface area (TPSA) is 63.5 Å². The molecule has 24 heavy (non-hydrogen) atoms. The van der Waals surface area contributed by atoms with Crippen molar-refractivity contribution in [3.8, 4) is 5.75 Å². The number of phenolic OH excluding ortho intramolecular Hbond substituents is 1. The summed E-state index contributed by atoms with van der Waals surface area (Å²) in [6.07, 6.45) is 2.56. The van der Waals surface area contributed by atoms with E-state index < -0.39 is 11.7 Å². The molecule has 0 radical (unpaired) electrons. The Balaban J connectivity index is 1.77. The van der Waals surface area contributed by atoms with Gasteiger partial charge in [-0.1, -0.05) is 29.8 Å². The number of halogens is 2. The molecule has 0 amide bonds. The number of hydrogen-bond donors (Lipinski definition) is 1. The Bertz CT molecular complexity index is 850. The first kappa shape index (κ1) is 15.1. The third kappa shape index (κ3) is 2.44. The number of aromatic nitrogens is 3. The largest absolute Gasteiger partial charge is 0.508 e. The number of benzene rings is 2. The summed E-state index contributed by atoms with van der Waals surface area (Å²) in [5, 5.41) is 14.7. The number of hydrogen-bond acceptors (Lipinski definition) is 4. The van der Waals surface area contributed by atoms with Crippen LogP contribution in [0.2, 0.25) is 5.02 Å². The monoisotopic (exact) mass is 345 g/mol. The van der Waals surface area contributed by atoms with Crippen LogP contribution in [0.3, 0.4) is 0 Å². The Labute approximate surface area is 142 Å². The van der Waals surface area contributed by atoms with Gasteiger partial charge in [0.25, 0.3) is 0 Å². The molecule has 1 aliphatic heterocycles. The summed E-state index contributed by atoms with van der Waals surface area (Å²) in [6, 6.07) is 11.0. The first-order chi connectivity index (χ1) is 11.6. The van der Waals surface area contributed by atoms with Crippen LogP contribution in [0.1, 0.15) is 17.2 Å². The molecule has 1 aliphatic rings. The fourth-order valence-corrected chi connectivity index (χ4v) is 3.24. The van der Waals surface area contributed by atoms with Gasteiger partial charge in [0.1, 0.15) is 35.9 Å². The molecule has 1 saturated heterocycles. The SMILES string of the molecule is Oc1cccc(Cl)c1C1OC1(Cn1cncn1)c1ccc(F)cc1. The summed E-state index contributed by atoms with van der Waals surface area (Å²) < 4.78 is 20.9. The molecule has 0 spiro atoms. The van der Waals surface area contributed by atoms with Gasteiger partial charge in [-0.15, -0.1) is 0 Å². The van der Waals surface area contributed by atoms with Gasteiger partial charge in [0.15, 0.2) is 0 Å². The Morgan fingerprint density at radius 1 is 1.25 bits per heavy atom. The van der Waals surface area contributed by atoms with E-state index in [0.29, 0.717) is 17.1 Å². The Hall–Kier alpha value is -2.44. The quantitative estimate of drug-likeness (QED) is 0.736. The van der Waals surface area contributed by atoms with E-state index in [4.69, 9.17) is 16.3 Å². The lowest BCUT2D eigenvalue weighted by Gasteiger charge is -2.14. The van der Waals surface area contributed by atoms with E-state index in [2.05, 4.69) is 10.1 Å². The predicted octanol–water partition coefficient (Wildman–Crippen LogP) is 3.44. The van der Waals surface area contributed by atoms with Crippen LogP contribution in [0.4, 0.5) is 4.39 Å². The summed E-state index contributed by atoms with van der Waals surface area (Å²) >= 11 is 6.25. The highest BCUT2D eigenvalue weighted by Gasteiger charge is 2.60. The zero-order valence-corrected chi connectivity index (χ0v) is 13.2. The van der Waals surface area contributed by atoms with E-state index in [9.17, 15) is 9.50 Å². The smallest absolute Gasteiger partial charge is 0.144 e. The molecule has 7 heteroatoms. The molecule has 2 unspecified atom stereocenters. The minimum absolute atomic E-state index is 0.0649. The molecule has 5 nitrogen and oxygen atoms in total. The Kier molecular flexibility index (Phi) is 3.51. The van der Waals surface area contributed by atoms with E-state index in [1.165, 1.54) is 18.5 Å². The lowest BCUT2D eigenvalue weighted by molar-refractivity contribution is 0.262. The number of epoxide rings is 1.